The van der Waals surface area contributed by atoms with Gasteiger partial charge in [0.05, 0.1) is 11.7 Å². The lowest BCUT2D eigenvalue weighted by atomic mass is 9.88. The van der Waals surface area contributed by atoms with Crippen molar-refractivity contribution in [2.75, 3.05) is 13.2 Å². The lowest BCUT2D eigenvalue weighted by Crippen LogP contribution is -2.38. The topological polar surface area (TPSA) is 78.3 Å². The van der Waals surface area contributed by atoms with Gasteiger partial charge in [0, 0.05) is 30.5 Å². The molecule has 1 heterocycles. The maximum atomic E-state index is 14.1. The quantitative estimate of drug-likeness (QED) is 0.695. The number of hydrogen-bond donors (Lipinski definition) is 3. The predicted octanol–water partition coefficient (Wildman–Crippen LogP) is 2.43. The summed E-state index contributed by atoms with van der Waals surface area (Å²) >= 11 is 0. The van der Waals surface area contributed by atoms with Gasteiger partial charge in [0.15, 0.2) is 5.82 Å². The highest BCUT2D eigenvalue weighted by Crippen LogP contribution is 2.35. The van der Waals surface area contributed by atoms with Gasteiger partial charge in [-0.3, -0.25) is 0 Å². The zero-order valence-electron chi connectivity index (χ0n) is 15.8. The molecule has 27 heavy (non-hydrogen) atoms. The molecule has 5 nitrogen and oxygen atoms in total. The number of aliphatic hydroxyl groups excluding tert-OH is 2. The first-order valence-electron chi connectivity index (χ1n) is 9.58. The third kappa shape index (κ3) is 4.69. The molecule has 1 aromatic heterocycles. The van der Waals surface area contributed by atoms with Crippen LogP contribution >= 0.6 is 0 Å². The van der Waals surface area contributed by atoms with E-state index >= 15 is 0 Å². The van der Waals surface area contributed by atoms with Crippen molar-refractivity contribution in [2.24, 2.45) is 17.8 Å². The predicted molar refractivity (Wildman–Crippen MR) is 102 cm³/mol. The molecule has 3 N–H and O–H groups in total. The molecule has 0 radical (unpaired) electrons. The number of rotatable bonds is 7. The number of benzene rings is 1. The van der Waals surface area contributed by atoms with Crippen molar-refractivity contribution in [3.8, 4) is 11.4 Å². The first-order chi connectivity index (χ1) is 13.0. The summed E-state index contributed by atoms with van der Waals surface area (Å²) in [6.45, 7) is 5.08. The van der Waals surface area contributed by atoms with E-state index in [0.29, 0.717) is 30.1 Å². The van der Waals surface area contributed by atoms with Gasteiger partial charge in [-0.15, -0.1) is 0 Å². The van der Waals surface area contributed by atoms with E-state index in [0.717, 1.165) is 12.2 Å². The zero-order chi connectivity index (χ0) is 19.4. The number of aliphatic hydroxyl groups is 2. The van der Waals surface area contributed by atoms with E-state index in [4.69, 9.17) is 0 Å². The fourth-order valence-corrected chi connectivity index (χ4v) is 3.89. The summed E-state index contributed by atoms with van der Waals surface area (Å²) in [6, 6.07) is 8.40. The molecule has 4 unspecified atom stereocenters. The largest absolute Gasteiger partial charge is 0.396 e. The van der Waals surface area contributed by atoms with Gasteiger partial charge in [-0.25, -0.2) is 14.4 Å². The summed E-state index contributed by atoms with van der Waals surface area (Å²) in [5, 5.41) is 23.7. The SMILES string of the molecule is CC(C)CNC1CC(O)C(CO)C1Cc1ccnc(-c2ccccc2F)n1. The molecule has 0 bridgehead atoms. The summed E-state index contributed by atoms with van der Waals surface area (Å²) in [6.07, 6.45) is 2.33. The lowest BCUT2D eigenvalue weighted by Gasteiger charge is -2.25. The van der Waals surface area contributed by atoms with Gasteiger partial charge in [-0.1, -0.05) is 26.0 Å². The Kier molecular flexibility index (Phi) is 6.52. The van der Waals surface area contributed by atoms with Crippen LogP contribution in [-0.2, 0) is 6.42 Å². The third-order valence-electron chi connectivity index (χ3n) is 5.33. The number of halogens is 1. The molecular weight excluding hydrogens is 345 g/mol. The van der Waals surface area contributed by atoms with Crippen molar-refractivity contribution >= 4 is 0 Å². The third-order valence-corrected chi connectivity index (χ3v) is 5.33. The maximum Gasteiger partial charge on any atom is 0.162 e. The molecule has 146 valence electrons. The summed E-state index contributed by atoms with van der Waals surface area (Å²) < 4.78 is 14.1. The Hall–Kier alpha value is -1.89. The Morgan fingerprint density at radius 3 is 2.70 bits per heavy atom. The van der Waals surface area contributed by atoms with Gasteiger partial charge < -0.3 is 15.5 Å². The first-order valence-corrected chi connectivity index (χ1v) is 9.58. The minimum Gasteiger partial charge on any atom is -0.396 e. The average molecular weight is 373 g/mol. The average Bonchev–Trinajstić information content (AvgIpc) is 2.95. The van der Waals surface area contributed by atoms with Crippen LogP contribution in [0.2, 0.25) is 0 Å². The normalized spacial score (nSPS) is 25.3. The summed E-state index contributed by atoms with van der Waals surface area (Å²) in [5.74, 6) is 0.378. The van der Waals surface area contributed by atoms with E-state index in [1.54, 1.807) is 24.4 Å². The van der Waals surface area contributed by atoms with Crippen LogP contribution in [0.15, 0.2) is 36.5 Å². The fraction of sp³-hybridized carbons (Fsp3) is 0.524. The van der Waals surface area contributed by atoms with Crippen LogP contribution in [0.5, 0.6) is 0 Å². The van der Waals surface area contributed by atoms with Gasteiger partial charge in [-0.2, -0.15) is 0 Å². The Labute approximate surface area is 159 Å². The first kappa shape index (κ1) is 19.9. The Balaban J connectivity index is 1.81. The van der Waals surface area contributed by atoms with Crippen molar-refractivity contribution in [1.82, 2.24) is 15.3 Å². The molecule has 1 aliphatic rings. The molecule has 0 saturated heterocycles. The van der Waals surface area contributed by atoms with Crippen LogP contribution in [0, 0.1) is 23.6 Å². The van der Waals surface area contributed by atoms with Crippen molar-refractivity contribution in [2.45, 2.75) is 38.8 Å². The molecule has 4 atom stereocenters. The molecule has 0 spiro atoms. The second-order valence-electron chi connectivity index (χ2n) is 7.78. The van der Waals surface area contributed by atoms with Crippen LogP contribution in [-0.4, -0.2) is 45.5 Å². The van der Waals surface area contributed by atoms with Crippen LogP contribution in [0.1, 0.15) is 26.0 Å². The van der Waals surface area contributed by atoms with E-state index in [2.05, 4.69) is 29.1 Å². The molecule has 1 fully saturated rings. The monoisotopic (exact) mass is 373 g/mol. The second kappa shape index (κ2) is 8.87. The second-order valence-corrected chi connectivity index (χ2v) is 7.78. The van der Waals surface area contributed by atoms with E-state index < -0.39 is 6.10 Å². The molecule has 0 amide bonds. The molecule has 1 aromatic carbocycles. The fourth-order valence-electron chi connectivity index (χ4n) is 3.89. The Bertz CT molecular complexity index is 756. The van der Waals surface area contributed by atoms with Gasteiger partial charge in [0.1, 0.15) is 5.82 Å². The van der Waals surface area contributed by atoms with Crippen LogP contribution < -0.4 is 5.32 Å². The molecule has 6 heteroatoms. The highest BCUT2D eigenvalue weighted by atomic mass is 19.1. The number of nitrogens with one attached hydrogen (secondary N) is 1. The molecule has 1 aliphatic carbocycles. The van der Waals surface area contributed by atoms with Crippen molar-refractivity contribution in [1.29, 1.82) is 0 Å². The van der Waals surface area contributed by atoms with E-state index in [1.807, 2.05) is 6.07 Å². The number of hydrogen-bond acceptors (Lipinski definition) is 5. The Morgan fingerprint density at radius 2 is 2.00 bits per heavy atom. The minimum atomic E-state index is -0.530. The maximum absolute atomic E-state index is 14.1. The van der Waals surface area contributed by atoms with Crippen LogP contribution in [0.3, 0.4) is 0 Å². The molecule has 0 aliphatic heterocycles. The van der Waals surface area contributed by atoms with E-state index in [9.17, 15) is 14.6 Å². The van der Waals surface area contributed by atoms with Gasteiger partial charge >= 0.3 is 0 Å². The van der Waals surface area contributed by atoms with Crippen LogP contribution in [0.4, 0.5) is 4.39 Å². The standard InChI is InChI=1S/C21H28FN3O2/c1-13(2)11-24-19-10-20(27)17(12-26)16(19)9-14-7-8-23-21(25-14)15-5-3-4-6-18(15)22/h3-8,13,16-17,19-20,24,26-27H,9-12H2,1-2H3. The molecular formula is C21H28FN3O2. The zero-order valence-corrected chi connectivity index (χ0v) is 15.8. The van der Waals surface area contributed by atoms with Crippen LogP contribution in [0.25, 0.3) is 11.4 Å². The van der Waals surface area contributed by atoms with E-state index in [-0.39, 0.29) is 30.3 Å². The summed E-state index contributed by atoms with van der Waals surface area (Å²) in [5.41, 5.74) is 1.16. The molecule has 3 rings (SSSR count). The number of aromatic nitrogens is 2. The smallest absolute Gasteiger partial charge is 0.162 e. The molecule has 2 aromatic rings. The molecule has 1 saturated carbocycles. The lowest BCUT2D eigenvalue weighted by molar-refractivity contribution is 0.0716. The number of nitrogens with zero attached hydrogens (tertiary/aromatic N) is 2. The Morgan fingerprint density at radius 1 is 1.22 bits per heavy atom. The van der Waals surface area contributed by atoms with Gasteiger partial charge in [0.2, 0.25) is 0 Å². The van der Waals surface area contributed by atoms with Gasteiger partial charge in [-0.05, 0) is 49.4 Å². The highest BCUT2D eigenvalue weighted by molar-refractivity contribution is 5.55. The van der Waals surface area contributed by atoms with Crippen molar-refractivity contribution in [3.63, 3.8) is 0 Å². The van der Waals surface area contributed by atoms with E-state index in [1.165, 1.54) is 6.07 Å². The van der Waals surface area contributed by atoms with Gasteiger partial charge in [0.25, 0.3) is 0 Å². The van der Waals surface area contributed by atoms with Crippen molar-refractivity contribution in [3.05, 3.63) is 48.0 Å². The summed E-state index contributed by atoms with van der Waals surface area (Å²) in [4.78, 5) is 8.76. The summed E-state index contributed by atoms with van der Waals surface area (Å²) in [7, 11) is 0. The highest BCUT2D eigenvalue weighted by Gasteiger charge is 2.42. The van der Waals surface area contributed by atoms with Crippen molar-refractivity contribution < 1.29 is 14.6 Å². The minimum absolute atomic E-state index is 0.0586.